The van der Waals surface area contributed by atoms with Crippen molar-refractivity contribution in [2.45, 2.75) is 25.7 Å². The van der Waals surface area contributed by atoms with Crippen LogP contribution in [0.3, 0.4) is 0 Å². The lowest BCUT2D eigenvalue weighted by Gasteiger charge is -2.08. The summed E-state index contributed by atoms with van der Waals surface area (Å²) in [5.74, 6) is -3.20. The van der Waals surface area contributed by atoms with E-state index in [2.05, 4.69) is 0 Å². The molecule has 0 aliphatic heterocycles. The molecule has 0 fully saturated rings. The summed E-state index contributed by atoms with van der Waals surface area (Å²) in [6, 6.07) is 27.7. The highest BCUT2D eigenvalue weighted by atomic mass is 16.4. The summed E-state index contributed by atoms with van der Waals surface area (Å²) in [6.07, 6.45) is 0. The van der Waals surface area contributed by atoms with E-state index in [0.717, 1.165) is 0 Å². The smallest absolute Gasteiger partial charge is 0.310 e. The van der Waals surface area contributed by atoms with Crippen LogP contribution >= 0.6 is 0 Å². The Morgan fingerprint density at radius 3 is 1.85 bits per heavy atom. The largest absolute Gasteiger partial charge is 0.481 e. The third-order valence-electron chi connectivity index (χ3n) is 6.53. The maximum Gasteiger partial charge on any atom is 0.310 e. The third kappa shape index (κ3) is 5.93. The van der Waals surface area contributed by atoms with Gasteiger partial charge in [-0.3, -0.25) is 19.2 Å². The average molecular weight is 523 g/mol. The number of rotatable bonds is 6. The Bertz CT molecular complexity index is 1730. The van der Waals surface area contributed by atoms with E-state index >= 15 is 0 Å². The van der Waals surface area contributed by atoms with Crippen molar-refractivity contribution < 1.29 is 29.0 Å². The molecule has 0 bridgehead atoms. The Kier molecular flexibility index (Phi) is 8.01. The molecule has 0 aliphatic rings. The molecule has 0 saturated carbocycles. The summed E-state index contributed by atoms with van der Waals surface area (Å²) >= 11 is 0. The molecular weight excluding hydrogens is 496 g/mol. The Balaban J connectivity index is 0.000000181. The quantitative estimate of drug-likeness (QED) is 0.200. The number of fused-ring (bicyclic) bond motifs is 2. The van der Waals surface area contributed by atoms with Crippen molar-refractivity contribution in [1.82, 2.24) is 0 Å². The molecule has 2 N–H and O–H groups in total. The molecule has 2 unspecified atom stereocenters. The molecule has 0 saturated heterocycles. The van der Waals surface area contributed by atoms with E-state index in [1.165, 1.54) is 0 Å². The Hall–Kier alpha value is -5.04. The van der Waals surface area contributed by atoms with Crippen molar-refractivity contribution in [2.24, 2.45) is 0 Å². The summed E-state index contributed by atoms with van der Waals surface area (Å²) in [5.41, 5.74) is 3.20. The van der Waals surface area contributed by atoms with Crippen LogP contribution in [-0.4, -0.2) is 27.9 Å². The summed E-state index contributed by atoms with van der Waals surface area (Å²) in [6.45, 7) is 3.20. The van der Waals surface area contributed by atoms with Gasteiger partial charge in [0.05, 0.1) is 22.6 Å². The second-order valence-electron chi connectivity index (χ2n) is 9.12. The van der Waals surface area contributed by atoms with E-state index in [0.29, 0.717) is 44.2 Å². The van der Waals surface area contributed by atoms with Crippen LogP contribution in [0.5, 0.6) is 0 Å². The molecule has 1 heterocycles. The maximum absolute atomic E-state index is 12.4. The highest BCUT2D eigenvalue weighted by Gasteiger charge is 2.17. The molecular formula is C32H26O7. The molecule has 0 aliphatic carbocycles. The standard InChI is InChI=1S/C16H12O4.C16H14O3/c1-9(16(18)19)10-6-7-14-12(8-10)15(17)11-4-2-3-5-13(11)20-14;1-11(16(18)19)13-8-5-9-14(10-13)15(17)12-6-3-2-4-7-12/h2-9H,1H3,(H,18,19);2-11H,1H3,(H,18,19). The minimum absolute atomic E-state index is 0.0972. The predicted molar refractivity (Wildman–Crippen MR) is 148 cm³/mol. The van der Waals surface area contributed by atoms with Crippen LogP contribution in [0.1, 0.15) is 52.7 Å². The SMILES string of the molecule is CC(C(=O)O)c1ccc2oc3ccccc3c(=O)c2c1.CC(C(=O)O)c1cccc(C(=O)c2ccccc2)c1. The number of hydrogen-bond acceptors (Lipinski definition) is 5. The van der Waals surface area contributed by atoms with Crippen LogP contribution in [0.15, 0.2) is 106 Å². The van der Waals surface area contributed by atoms with E-state index in [4.69, 9.17) is 14.6 Å². The fourth-order valence-electron chi connectivity index (χ4n) is 4.08. The van der Waals surface area contributed by atoms with E-state index in [9.17, 15) is 19.2 Å². The van der Waals surface area contributed by atoms with Gasteiger partial charge in [0.1, 0.15) is 11.2 Å². The van der Waals surface area contributed by atoms with Crippen LogP contribution < -0.4 is 5.43 Å². The van der Waals surface area contributed by atoms with E-state index < -0.39 is 23.8 Å². The second kappa shape index (κ2) is 11.6. The summed E-state index contributed by atoms with van der Waals surface area (Å²) in [4.78, 5) is 46.7. The van der Waals surface area contributed by atoms with Crippen molar-refractivity contribution in [1.29, 1.82) is 0 Å². The summed E-state index contributed by atoms with van der Waals surface area (Å²) in [5, 5.41) is 19.0. The Labute approximate surface area is 224 Å². The second-order valence-corrected chi connectivity index (χ2v) is 9.12. The van der Waals surface area contributed by atoms with Crippen LogP contribution in [0, 0.1) is 0 Å². The van der Waals surface area contributed by atoms with Crippen LogP contribution in [0.2, 0.25) is 0 Å². The molecule has 5 aromatic rings. The molecule has 1 aromatic heterocycles. The van der Waals surface area contributed by atoms with Crippen LogP contribution in [0.25, 0.3) is 21.9 Å². The number of carbonyl (C=O) groups is 3. The van der Waals surface area contributed by atoms with Gasteiger partial charge in [-0.2, -0.15) is 0 Å². The zero-order chi connectivity index (χ0) is 28.1. The van der Waals surface area contributed by atoms with E-state index in [1.54, 1.807) is 105 Å². The first-order valence-electron chi connectivity index (χ1n) is 12.3. The van der Waals surface area contributed by atoms with Gasteiger partial charge in [0.25, 0.3) is 0 Å². The van der Waals surface area contributed by atoms with Gasteiger partial charge in [-0.1, -0.05) is 66.7 Å². The lowest BCUT2D eigenvalue weighted by atomic mass is 9.96. The molecule has 0 spiro atoms. The first-order chi connectivity index (χ1) is 18.7. The maximum atomic E-state index is 12.4. The number of carboxylic acids is 2. The first-order valence-corrected chi connectivity index (χ1v) is 12.3. The van der Waals surface area contributed by atoms with Crippen molar-refractivity contribution >= 4 is 39.7 Å². The van der Waals surface area contributed by atoms with Crippen LogP contribution in [-0.2, 0) is 9.59 Å². The van der Waals surface area contributed by atoms with Gasteiger partial charge in [-0.25, -0.2) is 0 Å². The molecule has 7 heteroatoms. The molecule has 196 valence electrons. The highest BCUT2D eigenvalue weighted by molar-refractivity contribution is 6.09. The minimum Gasteiger partial charge on any atom is -0.481 e. The van der Waals surface area contributed by atoms with Gasteiger partial charge in [0.15, 0.2) is 5.78 Å². The fraction of sp³-hybridized carbons (Fsp3) is 0.125. The first kappa shape index (κ1) is 27.0. The topological polar surface area (TPSA) is 122 Å². The zero-order valence-corrected chi connectivity index (χ0v) is 21.3. The van der Waals surface area contributed by atoms with Gasteiger partial charge in [-0.05, 0) is 55.3 Å². The molecule has 0 radical (unpaired) electrons. The fourth-order valence-corrected chi connectivity index (χ4v) is 4.08. The molecule has 39 heavy (non-hydrogen) atoms. The van der Waals surface area contributed by atoms with Gasteiger partial charge in [0, 0.05) is 11.1 Å². The Morgan fingerprint density at radius 2 is 1.18 bits per heavy atom. The van der Waals surface area contributed by atoms with Gasteiger partial charge < -0.3 is 14.6 Å². The molecule has 5 rings (SSSR count). The number of hydrogen-bond donors (Lipinski definition) is 2. The van der Waals surface area contributed by atoms with Crippen LogP contribution in [0.4, 0.5) is 0 Å². The summed E-state index contributed by atoms with van der Waals surface area (Å²) in [7, 11) is 0. The summed E-state index contributed by atoms with van der Waals surface area (Å²) < 4.78 is 5.67. The highest BCUT2D eigenvalue weighted by Crippen LogP contribution is 2.23. The zero-order valence-electron chi connectivity index (χ0n) is 21.3. The van der Waals surface area contributed by atoms with Crippen molar-refractivity contribution in [3.05, 3.63) is 130 Å². The number of carbonyl (C=O) groups excluding carboxylic acids is 1. The van der Waals surface area contributed by atoms with Gasteiger partial charge in [-0.15, -0.1) is 0 Å². The van der Waals surface area contributed by atoms with Crippen molar-refractivity contribution in [3.63, 3.8) is 0 Å². The van der Waals surface area contributed by atoms with E-state index in [1.807, 2.05) is 6.07 Å². The molecule has 4 aromatic carbocycles. The van der Waals surface area contributed by atoms with Gasteiger partial charge in [0.2, 0.25) is 5.43 Å². The van der Waals surface area contributed by atoms with E-state index in [-0.39, 0.29) is 11.2 Å². The number of para-hydroxylation sites is 1. The number of aliphatic carboxylic acids is 2. The average Bonchev–Trinajstić information content (AvgIpc) is 2.96. The number of benzene rings is 4. The lowest BCUT2D eigenvalue weighted by molar-refractivity contribution is -0.139. The normalized spacial score (nSPS) is 12.3. The Morgan fingerprint density at radius 1 is 0.615 bits per heavy atom. The molecule has 2 atom stereocenters. The third-order valence-corrected chi connectivity index (χ3v) is 6.53. The van der Waals surface area contributed by atoms with Crippen molar-refractivity contribution in [3.8, 4) is 0 Å². The number of ketones is 1. The monoisotopic (exact) mass is 522 g/mol. The van der Waals surface area contributed by atoms with Gasteiger partial charge >= 0.3 is 11.9 Å². The molecule has 7 nitrogen and oxygen atoms in total. The lowest BCUT2D eigenvalue weighted by Crippen LogP contribution is -2.09. The predicted octanol–water partition coefficient (Wildman–Crippen LogP) is 6.24. The minimum atomic E-state index is -0.922. The number of carboxylic acid groups (broad SMARTS) is 2. The molecule has 0 amide bonds. The van der Waals surface area contributed by atoms with Crippen molar-refractivity contribution in [2.75, 3.05) is 0 Å².